The molecule has 0 fully saturated rings. The highest BCUT2D eigenvalue weighted by atomic mass is 16.1. The molecule has 5 heteroatoms. The minimum absolute atomic E-state index is 0.0313. The molecule has 0 aliphatic rings. The van der Waals surface area contributed by atoms with Gasteiger partial charge < -0.3 is 0 Å². The van der Waals surface area contributed by atoms with Crippen molar-refractivity contribution >= 4 is 16.7 Å². The van der Waals surface area contributed by atoms with Gasteiger partial charge in [0.15, 0.2) is 5.78 Å². The Hall–Kier alpha value is -2.43. The molecule has 1 aromatic carbocycles. The van der Waals surface area contributed by atoms with E-state index in [1.165, 1.54) is 0 Å². The average molecular weight is 254 g/mol. The first-order valence-electron chi connectivity index (χ1n) is 6.08. The van der Waals surface area contributed by atoms with Crippen LogP contribution < -0.4 is 0 Å². The standard InChI is InChI=1S/C14H14N4O/c1-17-13(7-8-15-17)14(19)9-11-10-5-3-4-6-12(10)18(2)16-11/h3-8H,9H2,1-2H3. The number of carbonyl (C=O) groups is 1. The Morgan fingerprint density at radius 2 is 1.95 bits per heavy atom. The van der Waals surface area contributed by atoms with Gasteiger partial charge >= 0.3 is 0 Å². The first-order chi connectivity index (χ1) is 9.16. The first-order valence-corrected chi connectivity index (χ1v) is 6.08. The third-order valence-electron chi connectivity index (χ3n) is 3.27. The summed E-state index contributed by atoms with van der Waals surface area (Å²) in [5.41, 5.74) is 2.45. The minimum atomic E-state index is 0.0313. The van der Waals surface area contributed by atoms with Crippen LogP contribution in [0.15, 0.2) is 36.5 Å². The molecule has 0 bridgehead atoms. The van der Waals surface area contributed by atoms with Crippen molar-refractivity contribution in [3.63, 3.8) is 0 Å². The molecule has 0 radical (unpaired) electrons. The van der Waals surface area contributed by atoms with Gasteiger partial charge in [0.1, 0.15) is 5.69 Å². The van der Waals surface area contributed by atoms with E-state index in [0.717, 1.165) is 16.6 Å². The van der Waals surface area contributed by atoms with Gasteiger partial charge in [0.05, 0.1) is 17.6 Å². The van der Waals surface area contributed by atoms with Crippen LogP contribution in [0.25, 0.3) is 10.9 Å². The van der Waals surface area contributed by atoms with Gasteiger partial charge in [-0.15, -0.1) is 0 Å². The molecule has 0 N–H and O–H groups in total. The van der Waals surface area contributed by atoms with E-state index < -0.39 is 0 Å². The van der Waals surface area contributed by atoms with E-state index in [-0.39, 0.29) is 5.78 Å². The van der Waals surface area contributed by atoms with Gasteiger partial charge in [-0.25, -0.2) is 0 Å². The van der Waals surface area contributed by atoms with E-state index in [1.807, 2.05) is 31.3 Å². The Morgan fingerprint density at radius 1 is 1.16 bits per heavy atom. The number of ketones is 1. The van der Waals surface area contributed by atoms with Crippen LogP contribution >= 0.6 is 0 Å². The lowest BCUT2D eigenvalue weighted by atomic mass is 10.1. The highest BCUT2D eigenvalue weighted by Crippen LogP contribution is 2.18. The van der Waals surface area contributed by atoms with Crippen LogP contribution in [0.3, 0.4) is 0 Å². The number of benzene rings is 1. The van der Waals surface area contributed by atoms with Crippen LogP contribution in [-0.4, -0.2) is 25.3 Å². The summed E-state index contributed by atoms with van der Waals surface area (Å²) in [6, 6.07) is 9.65. The summed E-state index contributed by atoms with van der Waals surface area (Å²) in [7, 11) is 3.66. The second-order valence-electron chi connectivity index (χ2n) is 4.53. The first kappa shape index (κ1) is 11.6. The second-order valence-corrected chi connectivity index (χ2v) is 4.53. The Labute approximate surface area is 110 Å². The van der Waals surface area contributed by atoms with Gasteiger partial charge in [-0.05, 0) is 12.1 Å². The van der Waals surface area contributed by atoms with E-state index >= 15 is 0 Å². The van der Waals surface area contributed by atoms with Crippen LogP contribution in [0.4, 0.5) is 0 Å². The van der Waals surface area contributed by atoms with Crippen molar-refractivity contribution in [1.82, 2.24) is 19.6 Å². The fraction of sp³-hybridized carbons (Fsp3) is 0.214. The summed E-state index contributed by atoms with van der Waals surface area (Å²) in [6.45, 7) is 0. The van der Waals surface area contributed by atoms with E-state index in [1.54, 1.807) is 28.7 Å². The summed E-state index contributed by atoms with van der Waals surface area (Å²) in [5.74, 6) is 0.0313. The lowest BCUT2D eigenvalue weighted by Crippen LogP contribution is -2.10. The fourth-order valence-electron chi connectivity index (χ4n) is 2.31. The number of nitrogens with zero attached hydrogens (tertiary/aromatic N) is 4. The third-order valence-corrected chi connectivity index (χ3v) is 3.27. The predicted octanol–water partition coefficient (Wildman–Crippen LogP) is 1.73. The van der Waals surface area contributed by atoms with E-state index in [2.05, 4.69) is 10.2 Å². The number of aryl methyl sites for hydroxylation is 2. The van der Waals surface area contributed by atoms with Crippen molar-refractivity contribution in [3.05, 3.63) is 47.9 Å². The molecule has 0 saturated heterocycles. The monoisotopic (exact) mass is 254 g/mol. The largest absolute Gasteiger partial charge is 0.292 e. The molecule has 3 aromatic rings. The van der Waals surface area contributed by atoms with E-state index in [0.29, 0.717) is 12.1 Å². The molecule has 2 aromatic heterocycles. The Balaban J connectivity index is 1.98. The van der Waals surface area contributed by atoms with Crippen molar-refractivity contribution in [2.75, 3.05) is 0 Å². The summed E-state index contributed by atoms with van der Waals surface area (Å²) in [5, 5.41) is 9.48. The van der Waals surface area contributed by atoms with Crippen LogP contribution in [0.1, 0.15) is 16.2 Å². The maximum atomic E-state index is 12.2. The molecule has 0 spiro atoms. The number of fused-ring (bicyclic) bond motifs is 1. The number of hydrogen-bond acceptors (Lipinski definition) is 3. The highest BCUT2D eigenvalue weighted by Gasteiger charge is 2.15. The summed E-state index contributed by atoms with van der Waals surface area (Å²) < 4.78 is 3.40. The van der Waals surface area contributed by atoms with Gasteiger partial charge in [0.25, 0.3) is 0 Å². The number of Topliss-reactive ketones (excluding diaryl/α,β-unsaturated/α-hetero) is 1. The maximum absolute atomic E-state index is 12.2. The lowest BCUT2D eigenvalue weighted by Gasteiger charge is -1.99. The molecule has 0 atom stereocenters. The molecule has 96 valence electrons. The van der Waals surface area contributed by atoms with Crippen molar-refractivity contribution in [2.45, 2.75) is 6.42 Å². The number of hydrogen-bond donors (Lipinski definition) is 0. The van der Waals surface area contributed by atoms with Gasteiger partial charge in [-0.2, -0.15) is 10.2 Å². The summed E-state index contributed by atoms with van der Waals surface area (Å²) in [4.78, 5) is 12.2. The number of rotatable bonds is 3. The van der Waals surface area contributed by atoms with Crippen molar-refractivity contribution in [2.24, 2.45) is 14.1 Å². The third kappa shape index (κ3) is 1.93. The van der Waals surface area contributed by atoms with Crippen molar-refractivity contribution < 1.29 is 4.79 Å². The van der Waals surface area contributed by atoms with Crippen molar-refractivity contribution in [3.8, 4) is 0 Å². The van der Waals surface area contributed by atoms with Crippen LogP contribution in [0.2, 0.25) is 0 Å². The van der Waals surface area contributed by atoms with Crippen LogP contribution in [0, 0.1) is 0 Å². The molecule has 3 rings (SSSR count). The predicted molar refractivity (Wildman–Crippen MR) is 72.0 cm³/mol. The molecule has 0 saturated carbocycles. The zero-order valence-corrected chi connectivity index (χ0v) is 10.9. The Bertz CT molecular complexity index is 754. The Kier molecular flexibility index (Phi) is 2.67. The normalized spacial score (nSPS) is 11.1. The molecule has 2 heterocycles. The number of para-hydroxylation sites is 1. The molecular formula is C14H14N4O. The highest BCUT2D eigenvalue weighted by molar-refractivity contribution is 5.98. The molecule has 19 heavy (non-hydrogen) atoms. The topological polar surface area (TPSA) is 52.7 Å². The van der Waals surface area contributed by atoms with E-state index in [9.17, 15) is 4.79 Å². The van der Waals surface area contributed by atoms with Crippen LogP contribution in [-0.2, 0) is 20.5 Å². The second kappa shape index (κ2) is 4.35. The summed E-state index contributed by atoms with van der Waals surface area (Å²) in [6.07, 6.45) is 1.92. The Morgan fingerprint density at radius 3 is 2.68 bits per heavy atom. The molecular weight excluding hydrogens is 240 g/mol. The zero-order valence-electron chi connectivity index (χ0n) is 10.9. The van der Waals surface area contributed by atoms with Crippen LogP contribution in [0.5, 0.6) is 0 Å². The smallest absolute Gasteiger partial charge is 0.186 e. The minimum Gasteiger partial charge on any atom is -0.292 e. The SMILES string of the molecule is Cn1nccc1C(=O)Cc1nn(C)c2ccccc12. The maximum Gasteiger partial charge on any atom is 0.186 e. The molecule has 0 amide bonds. The summed E-state index contributed by atoms with van der Waals surface area (Å²) >= 11 is 0. The average Bonchev–Trinajstić information content (AvgIpc) is 2.95. The van der Waals surface area contributed by atoms with Gasteiger partial charge in [0, 0.05) is 25.7 Å². The van der Waals surface area contributed by atoms with Gasteiger partial charge in [-0.3, -0.25) is 14.2 Å². The van der Waals surface area contributed by atoms with Gasteiger partial charge in [0.2, 0.25) is 0 Å². The van der Waals surface area contributed by atoms with Crippen molar-refractivity contribution in [1.29, 1.82) is 0 Å². The number of aromatic nitrogens is 4. The van der Waals surface area contributed by atoms with E-state index in [4.69, 9.17) is 0 Å². The molecule has 0 aliphatic carbocycles. The quantitative estimate of drug-likeness (QED) is 0.669. The molecule has 0 unspecified atom stereocenters. The lowest BCUT2D eigenvalue weighted by molar-refractivity contribution is 0.0983. The molecule has 5 nitrogen and oxygen atoms in total. The molecule has 0 aliphatic heterocycles. The zero-order chi connectivity index (χ0) is 13.4. The van der Waals surface area contributed by atoms with Gasteiger partial charge in [-0.1, -0.05) is 18.2 Å². The fourth-order valence-corrected chi connectivity index (χ4v) is 2.31. The number of carbonyl (C=O) groups excluding carboxylic acids is 1.